The number of aromatic nitrogens is 1. The summed E-state index contributed by atoms with van der Waals surface area (Å²) >= 11 is 0. The van der Waals surface area contributed by atoms with Crippen molar-refractivity contribution >= 4 is 5.91 Å². The molecule has 0 fully saturated rings. The van der Waals surface area contributed by atoms with E-state index in [1.807, 2.05) is 32.2 Å². The van der Waals surface area contributed by atoms with Crippen molar-refractivity contribution in [1.29, 1.82) is 0 Å². The standard InChI is InChI=1S/C9H15N3O/c1-9(2,8(13)12-10-3)7-5-4-6-11-7/h4-6,10-11H,1-3H3,(H,12,13). The van der Waals surface area contributed by atoms with Gasteiger partial charge in [-0.25, -0.2) is 5.43 Å². The molecule has 0 aliphatic rings. The van der Waals surface area contributed by atoms with Gasteiger partial charge in [0.15, 0.2) is 0 Å². The highest BCUT2D eigenvalue weighted by atomic mass is 16.2. The van der Waals surface area contributed by atoms with E-state index in [0.717, 1.165) is 5.69 Å². The lowest BCUT2D eigenvalue weighted by Crippen LogP contribution is -2.45. The lowest BCUT2D eigenvalue weighted by Gasteiger charge is -2.21. The maximum Gasteiger partial charge on any atom is 0.245 e. The normalized spacial score (nSPS) is 11.3. The molecule has 0 unspecified atom stereocenters. The second-order valence-electron chi connectivity index (χ2n) is 3.41. The summed E-state index contributed by atoms with van der Waals surface area (Å²) in [6, 6.07) is 3.78. The molecule has 0 radical (unpaired) electrons. The molecule has 1 aromatic heterocycles. The minimum absolute atomic E-state index is 0.0579. The third-order valence-electron chi connectivity index (χ3n) is 2.08. The molecule has 1 rings (SSSR count). The highest BCUT2D eigenvalue weighted by Gasteiger charge is 2.30. The van der Waals surface area contributed by atoms with Crippen LogP contribution in [0.25, 0.3) is 0 Å². The highest BCUT2D eigenvalue weighted by Crippen LogP contribution is 2.20. The predicted molar refractivity (Wildman–Crippen MR) is 51.0 cm³/mol. The molecule has 0 spiro atoms. The second kappa shape index (κ2) is 3.62. The third kappa shape index (κ3) is 1.89. The molecule has 72 valence electrons. The van der Waals surface area contributed by atoms with Crippen LogP contribution in [0.4, 0.5) is 0 Å². The molecule has 0 aliphatic heterocycles. The SMILES string of the molecule is CNNC(=O)C(C)(C)c1ccc[nH]1. The van der Waals surface area contributed by atoms with Crippen molar-refractivity contribution in [3.63, 3.8) is 0 Å². The molecule has 3 N–H and O–H groups in total. The van der Waals surface area contributed by atoms with Gasteiger partial charge in [-0.05, 0) is 26.0 Å². The molecule has 0 aromatic carbocycles. The molecule has 0 aliphatic carbocycles. The van der Waals surface area contributed by atoms with E-state index in [1.54, 1.807) is 7.05 Å². The van der Waals surface area contributed by atoms with Gasteiger partial charge in [0.2, 0.25) is 5.91 Å². The number of rotatable bonds is 3. The number of hydrogen-bond acceptors (Lipinski definition) is 2. The summed E-state index contributed by atoms with van der Waals surface area (Å²) in [5, 5.41) is 0. The Bertz CT molecular complexity index is 277. The first kappa shape index (κ1) is 9.80. The highest BCUT2D eigenvalue weighted by molar-refractivity contribution is 5.86. The fourth-order valence-electron chi connectivity index (χ4n) is 1.11. The molecule has 1 aromatic rings. The Morgan fingerprint density at radius 2 is 2.23 bits per heavy atom. The molecule has 0 bridgehead atoms. The molecule has 1 heterocycles. The predicted octanol–water partition coefficient (Wildman–Crippen LogP) is 0.543. The number of H-pyrrole nitrogens is 1. The molecular weight excluding hydrogens is 166 g/mol. The quantitative estimate of drug-likeness (QED) is 0.596. The van der Waals surface area contributed by atoms with Gasteiger partial charge in [0.1, 0.15) is 0 Å². The first-order chi connectivity index (χ1) is 6.09. The monoisotopic (exact) mass is 181 g/mol. The molecule has 1 amide bonds. The van der Waals surface area contributed by atoms with Crippen LogP contribution in [-0.2, 0) is 10.2 Å². The number of hydrazine groups is 1. The van der Waals surface area contributed by atoms with Gasteiger partial charge in [-0.1, -0.05) is 0 Å². The van der Waals surface area contributed by atoms with Gasteiger partial charge in [0.25, 0.3) is 0 Å². The lowest BCUT2D eigenvalue weighted by molar-refractivity contribution is -0.126. The topological polar surface area (TPSA) is 56.9 Å². The van der Waals surface area contributed by atoms with Gasteiger partial charge in [-0.15, -0.1) is 0 Å². The van der Waals surface area contributed by atoms with Gasteiger partial charge in [-0.3, -0.25) is 10.2 Å². The average Bonchev–Trinajstić information content (AvgIpc) is 2.56. The summed E-state index contributed by atoms with van der Waals surface area (Å²) in [4.78, 5) is 14.6. The van der Waals surface area contributed by atoms with Crippen LogP contribution in [0.1, 0.15) is 19.5 Å². The molecule has 0 saturated carbocycles. The van der Waals surface area contributed by atoms with Gasteiger partial charge in [0.05, 0.1) is 5.41 Å². The third-order valence-corrected chi connectivity index (χ3v) is 2.08. The molecule has 0 atom stereocenters. The van der Waals surface area contributed by atoms with Crippen LogP contribution in [0.3, 0.4) is 0 Å². The van der Waals surface area contributed by atoms with Crippen molar-refractivity contribution in [3.8, 4) is 0 Å². The van der Waals surface area contributed by atoms with Crippen LogP contribution >= 0.6 is 0 Å². The van der Waals surface area contributed by atoms with Crippen molar-refractivity contribution in [3.05, 3.63) is 24.0 Å². The molecule has 4 nitrogen and oxygen atoms in total. The van der Waals surface area contributed by atoms with Gasteiger partial charge in [-0.2, -0.15) is 0 Å². The van der Waals surface area contributed by atoms with Crippen LogP contribution < -0.4 is 10.9 Å². The van der Waals surface area contributed by atoms with E-state index in [4.69, 9.17) is 0 Å². The zero-order chi connectivity index (χ0) is 9.90. The number of nitrogens with one attached hydrogen (secondary N) is 3. The Labute approximate surface area is 77.7 Å². The summed E-state index contributed by atoms with van der Waals surface area (Å²) in [5.74, 6) is -0.0579. The van der Waals surface area contributed by atoms with Gasteiger partial charge < -0.3 is 4.98 Å². The first-order valence-corrected chi connectivity index (χ1v) is 4.20. The molecular formula is C9H15N3O. The van der Waals surface area contributed by atoms with Crippen molar-refractivity contribution in [2.24, 2.45) is 0 Å². The Morgan fingerprint density at radius 1 is 1.54 bits per heavy atom. The summed E-state index contributed by atoms with van der Waals surface area (Å²) in [5.41, 5.74) is 5.56. The zero-order valence-electron chi connectivity index (χ0n) is 8.14. The van der Waals surface area contributed by atoms with Gasteiger partial charge in [0, 0.05) is 18.9 Å². The van der Waals surface area contributed by atoms with Gasteiger partial charge >= 0.3 is 0 Å². The van der Waals surface area contributed by atoms with Crippen LogP contribution in [0, 0.1) is 0 Å². The number of amides is 1. The van der Waals surface area contributed by atoms with E-state index in [9.17, 15) is 4.79 Å². The fraction of sp³-hybridized carbons (Fsp3) is 0.444. The fourth-order valence-corrected chi connectivity index (χ4v) is 1.11. The Kier molecular flexibility index (Phi) is 2.72. The zero-order valence-corrected chi connectivity index (χ0v) is 8.14. The van der Waals surface area contributed by atoms with Crippen molar-refractivity contribution in [2.75, 3.05) is 7.05 Å². The maximum absolute atomic E-state index is 11.6. The Balaban J connectivity index is 2.82. The van der Waals surface area contributed by atoms with E-state index in [1.165, 1.54) is 0 Å². The van der Waals surface area contributed by atoms with Crippen LogP contribution in [-0.4, -0.2) is 17.9 Å². The Morgan fingerprint density at radius 3 is 2.69 bits per heavy atom. The minimum Gasteiger partial charge on any atom is -0.364 e. The van der Waals surface area contributed by atoms with E-state index in [2.05, 4.69) is 15.8 Å². The molecule has 13 heavy (non-hydrogen) atoms. The molecule has 0 saturated heterocycles. The van der Waals surface area contributed by atoms with Crippen LogP contribution in [0.15, 0.2) is 18.3 Å². The smallest absolute Gasteiger partial charge is 0.245 e. The number of aromatic amines is 1. The summed E-state index contributed by atoms with van der Waals surface area (Å²) in [6.07, 6.45) is 1.81. The van der Waals surface area contributed by atoms with E-state index in [-0.39, 0.29) is 5.91 Å². The minimum atomic E-state index is -0.535. The van der Waals surface area contributed by atoms with E-state index in [0.29, 0.717) is 0 Å². The first-order valence-electron chi connectivity index (χ1n) is 4.20. The molecule has 4 heteroatoms. The van der Waals surface area contributed by atoms with E-state index < -0.39 is 5.41 Å². The van der Waals surface area contributed by atoms with Crippen LogP contribution in [0.2, 0.25) is 0 Å². The van der Waals surface area contributed by atoms with E-state index >= 15 is 0 Å². The van der Waals surface area contributed by atoms with Crippen molar-refractivity contribution in [2.45, 2.75) is 19.3 Å². The summed E-state index contributed by atoms with van der Waals surface area (Å²) in [7, 11) is 1.67. The number of hydrogen-bond donors (Lipinski definition) is 3. The Hall–Kier alpha value is -1.29. The summed E-state index contributed by atoms with van der Waals surface area (Å²) < 4.78 is 0. The largest absolute Gasteiger partial charge is 0.364 e. The number of carbonyl (C=O) groups is 1. The van der Waals surface area contributed by atoms with Crippen molar-refractivity contribution in [1.82, 2.24) is 15.8 Å². The lowest BCUT2D eigenvalue weighted by atomic mass is 9.89. The van der Waals surface area contributed by atoms with Crippen molar-refractivity contribution < 1.29 is 4.79 Å². The van der Waals surface area contributed by atoms with Crippen LogP contribution in [0.5, 0.6) is 0 Å². The number of carbonyl (C=O) groups excluding carboxylic acids is 1. The second-order valence-corrected chi connectivity index (χ2v) is 3.41. The average molecular weight is 181 g/mol. The summed E-state index contributed by atoms with van der Waals surface area (Å²) in [6.45, 7) is 3.73. The maximum atomic E-state index is 11.6.